The number of hydrogen-bond donors (Lipinski definition) is 2. The largest absolute Gasteiger partial charge is 0.454 e. The fraction of sp³-hybridized carbons (Fsp3) is 0.364. The van der Waals surface area contributed by atoms with Crippen LogP contribution in [-0.2, 0) is 13.1 Å². The molecule has 0 amide bonds. The summed E-state index contributed by atoms with van der Waals surface area (Å²) >= 11 is 7.37. The second kappa shape index (κ2) is 9.67. The highest BCUT2D eigenvalue weighted by Crippen LogP contribution is 2.35. The molecule has 1 aromatic carbocycles. The van der Waals surface area contributed by atoms with E-state index >= 15 is 0 Å². The van der Waals surface area contributed by atoms with Crippen LogP contribution >= 0.6 is 23.6 Å². The lowest BCUT2D eigenvalue weighted by Gasteiger charge is -2.25. The van der Waals surface area contributed by atoms with Gasteiger partial charge >= 0.3 is 0 Å². The van der Waals surface area contributed by atoms with Crippen molar-refractivity contribution in [3.05, 3.63) is 56.5 Å². The molecular formula is C22H26N4O3S2. The Morgan fingerprint density at radius 3 is 2.77 bits per heavy atom. The molecule has 7 nitrogen and oxygen atoms in total. The Bertz CT molecular complexity index is 1110. The van der Waals surface area contributed by atoms with Crippen molar-refractivity contribution < 1.29 is 9.47 Å². The quantitative estimate of drug-likeness (QED) is 0.397. The zero-order valence-electron chi connectivity index (χ0n) is 17.6. The minimum atomic E-state index is -0.127. The third-order valence-corrected chi connectivity index (χ3v) is 6.31. The monoisotopic (exact) mass is 458 g/mol. The average molecular weight is 459 g/mol. The summed E-state index contributed by atoms with van der Waals surface area (Å²) in [5.41, 5.74) is 1.26. The summed E-state index contributed by atoms with van der Waals surface area (Å²) < 4.78 is 10.9. The molecule has 1 aliphatic rings. The molecule has 0 bridgehead atoms. The van der Waals surface area contributed by atoms with Gasteiger partial charge in [-0.2, -0.15) is 0 Å². The van der Waals surface area contributed by atoms with E-state index in [1.807, 2.05) is 34.5 Å². The maximum Gasteiger partial charge on any atom is 0.253 e. The predicted molar refractivity (Wildman–Crippen MR) is 128 cm³/mol. The normalized spacial score (nSPS) is 12.5. The number of rotatable bonds is 8. The molecule has 0 spiro atoms. The van der Waals surface area contributed by atoms with Crippen LogP contribution in [0.4, 0.5) is 0 Å². The van der Waals surface area contributed by atoms with Crippen molar-refractivity contribution in [2.75, 3.05) is 34.0 Å². The number of thiophene rings is 1. The molecule has 3 aromatic rings. The second-order valence-corrected chi connectivity index (χ2v) is 9.16. The van der Waals surface area contributed by atoms with Crippen LogP contribution in [0, 0.1) is 0 Å². The van der Waals surface area contributed by atoms with Crippen LogP contribution in [0.25, 0.3) is 10.9 Å². The van der Waals surface area contributed by atoms with Gasteiger partial charge in [0.1, 0.15) is 0 Å². The molecule has 0 saturated heterocycles. The van der Waals surface area contributed by atoms with Gasteiger partial charge in [0.05, 0.1) is 18.6 Å². The van der Waals surface area contributed by atoms with E-state index in [1.165, 1.54) is 4.88 Å². The van der Waals surface area contributed by atoms with Gasteiger partial charge in [-0.1, -0.05) is 6.07 Å². The molecule has 1 aliphatic heterocycles. The Kier molecular flexibility index (Phi) is 6.74. The predicted octanol–water partition coefficient (Wildman–Crippen LogP) is 3.15. The van der Waals surface area contributed by atoms with E-state index in [0.717, 1.165) is 30.4 Å². The van der Waals surface area contributed by atoms with Crippen molar-refractivity contribution in [2.24, 2.45) is 0 Å². The fourth-order valence-corrected chi connectivity index (χ4v) is 4.41. The lowest BCUT2D eigenvalue weighted by atomic mass is 10.1. The van der Waals surface area contributed by atoms with Crippen LogP contribution in [-0.4, -0.2) is 53.9 Å². The molecular weight excluding hydrogens is 432 g/mol. The summed E-state index contributed by atoms with van der Waals surface area (Å²) in [7, 11) is 4.11. The Hall–Kier alpha value is -2.62. The Labute approximate surface area is 190 Å². The van der Waals surface area contributed by atoms with Gasteiger partial charge in [-0.25, -0.2) is 0 Å². The number of benzene rings is 1. The lowest BCUT2D eigenvalue weighted by Crippen LogP contribution is -2.40. The van der Waals surface area contributed by atoms with Gasteiger partial charge in [-0.15, -0.1) is 11.3 Å². The molecule has 164 valence electrons. The van der Waals surface area contributed by atoms with E-state index < -0.39 is 0 Å². The molecule has 3 heterocycles. The third kappa shape index (κ3) is 5.36. The summed E-state index contributed by atoms with van der Waals surface area (Å²) in [4.78, 5) is 21.2. The molecule has 0 radical (unpaired) electrons. The van der Waals surface area contributed by atoms with Gasteiger partial charge in [0.2, 0.25) is 6.79 Å². The first-order valence-electron chi connectivity index (χ1n) is 10.1. The van der Waals surface area contributed by atoms with E-state index in [9.17, 15) is 4.79 Å². The van der Waals surface area contributed by atoms with Gasteiger partial charge in [0, 0.05) is 28.4 Å². The van der Waals surface area contributed by atoms with Gasteiger partial charge in [0.15, 0.2) is 16.6 Å². The van der Waals surface area contributed by atoms with Crippen molar-refractivity contribution >= 4 is 39.6 Å². The summed E-state index contributed by atoms with van der Waals surface area (Å²) in [6, 6.07) is 9.72. The molecule has 9 heteroatoms. The molecule has 31 heavy (non-hydrogen) atoms. The van der Waals surface area contributed by atoms with Crippen LogP contribution in [0.5, 0.6) is 11.5 Å². The summed E-state index contributed by atoms with van der Waals surface area (Å²) in [5.74, 6) is 1.34. The van der Waals surface area contributed by atoms with E-state index in [1.54, 1.807) is 11.3 Å². The number of ether oxygens (including phenoxy) is 2. The van der Waals surface area contributed by atoms with E-state index in [2.05, 4.69) is 35.4 Å². The summed E-state index contributed by atoms with van der Waals surface area (Å²) in [6.45, 7) is 3.04. The number of H-pyrrole nitrogens is 1. The minimum absolute atomic E-state index is 0.127. The lowest BCUT2D eigenvalue weighted by molar-refractivity contribution is 0.174. The summed E-state index contributed by atoms with van der Waals surface area (Å²) in [5, 5.41) is 6.95. The first-order chi connectivity index (χ1) is 15.0. The maximum absolute atomic E-state index is 12.8. The number of thiocarbonyl (C=S) groups is 1. The van der Waals surface area contributed by atoms with Crippen molar-refractivity contribution in [1.82, 2.24) is 20.1 Å². The molecule has 0 saturated carbocycles. The molecule has 2 aromatic heterocycles. The molecule has 0 atom stereocenters. The molecule has 0 fully saturated rings. The van der Waals surface area contributed by atoms with Crippen molar-refractivity contribution in [1.29, 1.82) is 0 Å². The number of nitrogens with one attached hydrogen (secondary N) is 2. The number of aromatic amines is 1. The first kappa shape index (κ1) is 21.6. The van der Waals surface area contributed by atoms with Crippen molar-refractivity contribution in [2.45, 2.75) is 19.5 Å². The van der Waals surface area contributed by atoms with Gasteiger partial charge < -0.3 is 29.6 Å². The van der Waals surface area contributed by atoms with Gasteiger partial charge in [0.25, 0.3) is 5.56 Å². The number of pyridine rings is 1. The zero-order valence-corrected chi connectivity index (χ0v) is 19.3. The smallest absolute Gasteiger partial charge is 0.253 e. The second-order valence-electron chi connectivity index (χ2n) is 7.74. The van der Waals surface area contributed by atoms with E-state index in [0.29, 0.717) is 35.3 Å². The maximum atomic E-state index is 12.8. The third-order valence-electron chi connectivity index (χ3n) is 5.05. The van der Waals surface area contributed by atoms with Crippen LogP contribution < -0.4 is 20.3 Å². The fourth-order valence-electron chi connectivity index (χ4n) is 3.46. The van der Waals surface area contributed by atoms with Crippen LogP contribution in [0.3, 0.4) is 0 Å². The highest BCUT2D eigenvalue weighted by atomic mass is 32.1. The van der Waals surface area contributed by atoms with Crippen molar-refractivity contribution in [3.8, 4) is 11.5 Å². The van der Waals surface area contributed by atoms with Gasteiger partial charge in [-0.3, -0.25) is 4.79 Å². The number of aromatic nitrogens is 1. The molecule has 0 unspecified atom stereocenters. The first-order valence-corrected chi connectivity index (χ1v) is 11.4. The Morgan fingerprint density at radius 1 is 1.23 bits per heavy atom. The summed E-state index contributed by atoms with van der Waals surface area (Å²) in [6.07, 6.45) is 0.990. The van der Waals surface area contributed by atoms with E-state index in [4.69, 9.17) is 21.7 Å². The van der Waals surface area contributed by atoms with Crippen LogP contribution in [0.15, 0.2) is 40.5 Å². The standard InChI is InChI=1S/C22H26N4O3S2/c1-25(2)7-4-6-23-22(30)26(13-17-5-3-8-31-17)12-16-9-15-10-19-20(29-14-28-19)11-18(15)24-21(16)27/h3,5,8-11H,4,6-7,12-14H2,1-2H3,(H,23,30)(H,24,27). The SMILES string of the molecule is CN(C)CCCNC(=S)N(Cc1cccs1)Cc1cc2cc3c(cc2[nH]c1=O)OCO3. The molecule has 4 rings (SSSR count). The molecule has 0 aliphatic carbocycles. The molecule has 2 N–H and O–H groups in total. The zero-order chi connectivity index (χ0) is 21.8. The number of nitrogens with zero attached hydrogens (tertiary/aromatic N) is 2. The highest BCUT2D eigenvalue weighted by molar-refractivity contribution is 7.80. The Morgan fingerprint density at radius 2 is 2.03 bits per heavy atom. The van der Waals surface area contributed by atoms with Gasteiger partial charge in [-0.05, 0) is 62.9 Å². The average Bonchev–Trinajstić information content (AvgIpc) is 3.40. The number of fused-ring (bicyclic) bond motifs is 2. The van der Waals surface area contributed by atoms with Crippen molar-refractivity contribution in [3.63, 3.8) is 0 Å². The van der Waals surface area contributed by atoms with E-state index in [-0.39, 0.29) is 12.4 Å². The highest BCUT2D eigenvalue weighted by Gasteiger charge is 2.18. The Balaban J connectivity index is 1.54. The van der Waals surface area contributed by atoms with Crippen LogP contribution in [0.1, 0.15) is 16.9 Å². The number of hydrogen-bond acceptors (Lipinski definition) is 6. The topological polar surface area (TPSA) is 69.8 Å². The minimum Gasteiger partial charge on any atom is -0.454 e. The van der Waals surface area contributed by atoms with Crippen LogP contribution in [0.2, 0.25) is 0 Å².